The second-order valence-electron chi connectivity index (χ2n) is 6.17. The van der Waals surface area contributed by atoms with E-state index < -0.39 is 0 Å². The molecular weight excluding hydrogens is 330 g/mol. The van der Waals surface area contributed by atoms with Gasteiger partial charge in [-0.1, -0.05) is 12.1 Å². The molecule has 0 spiro atoms. The summed E-state index contributed by atoms with van der Waals surface area (Å²) in [6, 6.07) is 9.89. The maximum absolute atomic E-state index is 8.85. The molecule has 0 radical (unpaired) electrons. The van der Waals surface area contributed by atoms with Crippen molar-refractivity contribution >= 4 is 5.96 Å². The van der Waals surface area contributed by atoms with Gasteiger partial charge in [-0.3, -0.25) is 4.99 Å². The third-order valence-electron chi connectivity index (χ3n) is 4.28. The van der Waals surface area contributed by atoms with Crippen molar-refractivity contribution in [3.8, 4) is 6.07 Å². The zero-order valence-corrected chi connectivity index (χ0v) is 15.1. The highest BCUT2D eigenvalue weighted by Gasteiger charge is 2.22. The number of hydrogen-bond donors (Lipinski definition) is 2. The molecule has 1 aliphatic rings. The minimum atomic E-state index is 0.242. The van der Waals surface area contributed by atoms with Crippen LogP contribution in [0.25, 0.3) is 0 Å². The molecule has 2 heterocycles. The molecule has 136 valence electrons. The van der Waals surface area contributed by atoms with Crippen LogP contribution in [-0.2, 0) is 30.9 Å². The van der Waals surface area contributed by atoms with Gasteiger partial charge in [-0.2, -0.15) is 10.4 Å². The van der Waals surface area contributed by atoms with E-state index in [1.165, 1.54) is 0 Å². The maximum Gasteiger partial charge on any atom is 0.191 e. The first-order valence-corrected chi connectivity index (χ1v) is 8.59. The average Bonchev–Trinajstić information content (AvgIpc) is 3.07. The summed E-state index contributed by atoms with van der Waals surface area (Å²) in [7, 11) is 3.41. The summed E-state index contributed by atoms with van der Waals surface area (Å²) >= 11 is 0. The van der Waals surface area contributed by atoms with Gasteiger partial charge in [0.25, 0.3) is 0 Å². The number of aliphatic imine (C=N–C) groups is 1. The van der Waals surface area contributed by atoms with Gasteiger partial charge in [-0.05, 0) is 24.1 Å². The third kappa shape index (κ3) is 4.37. The van der Waals surface area contributed by atoms with Crippen LogP contribution in [0.4, 0.5) is 0 Å². The van der Waals surface area contributed by atoms with E-state index in [-0.39, 0.29) is 6.04 Å². The summed E-state index contributed by atoms with van der Waals surface area (Å²) in [5.74, 6) is 2.49. The van der Waals surface area contributed by atoms with Crippen molar-refractivity contribution in [1.82, 2.24) is 25.4 Å². The number of benzene rings is 1. The number of fused-ring (bicyclic) bond motifs is 1. The van der Waals surface area contributed by atoms with Crippen LogP contribution in [0.5, 0.6) is 0 Å². The van der Waals surface area contributed by atoms with Crippen LogP contribution in [-0.4, -0.2) is 40.9 Å². The van der Waals surface area contributed by atoms with E-state index in [1.54, 1.807) is 14.2 Å². The molecule has 0 aliphatic carbocycles. The van der Waals surface area contributed by atoms with Crippen LogP contribution in [0.15, 0.2) is 29.3 Å². The second-order valence-corrected chi connectivity index (χ2v) is 6.17. The quantitative estimate of drug-likeness (QED) is 0.614. The largest absolute Gasteiger partial charge is 0.377 e. The van der Waals surface area contributed by atoms with Gasteiger partial charge in [-0.15, -0.1) is 0 Å². The number of methoxy groups -OCH3 is 1. The Hall–Kier alpha value is -2.92. The normalized spacial score (nSPS) is 16.7. The molecule has 1 unspecified atom stereocenters. The first kappa shape index (κ1) is 17.9. The Kier molecular flexibility index (Phi) is 5.81. The average molecular weight is 353 g/mol. The molecule has 0 saturated carbocycles. The number of aromatic nitrogens is 3. The van der Waals surface area contributed by atoms with E-state index in [0.29, 0.717) is 18.7 Å². The van der Waals surface area contributed by atoms with E-state index in [2.05, 4.69) is 31.8 Å². The molecule has 8 heteroatoms. The summed E-state index contributed by atoms with van der Waals surface area (Å²) < 4.78 is 7.05. The molecule has 1 aliphatic heterocycles. The van der Waals surface area contributed by atoms with Crippen LogP contribution < -0.4 is 10.6 Å². The lowest BCUT2D eigenvalue weighted by Crippen LogP contribution is -2.46. The molecule has 8 nitrogen and oxygen atoms in total. The predicted octanol–water partition coefficient (Wildman–Crippen LogP) is 0.976. The number of aryl methyl sites for hydroxylation is 1. The van der Waals surface area contributed by atoms with Gasteiger partial charge in [0, 0.05) is 33.2 Å². The number of guanidine groups is 1. The molecule has 3 rings (SSSR count). The van der Waals surface area contributed by atoms with Crippen molar-refractivity contribution in [2.75, 3.05) is 14.2 Å². The Morgan fingerprint density at radius 1 is 1.42 bits per heavy atom. The molecule has 1 aromatic heterocycles. The predicted molar refractivity (Wildman–Crippen MR) is 97.3 cm³/mol. The molecule has 2 N–H and O–H groups in total. The monoisotopic (exact) mass is 353 g/mol. The van der Waals surface area contributed by atoms with Gasteiger partial charge >= 0.3 is 0 Å². The zero-order valence-electron chi connectivity index (χ0n) is 15.1. The standard InChI is InChI=1S/C18H23N7O/c1-20-18(21-10-14-5-3-13(9-19)4-6-14)22-15-7-8-17-23-16(12-26-2)24-25(17)11-15/h3-6,15H,7-8,10-12H2,1-2H3,(H2,20,21,22). The third-order valence-corrected chi connectivity index (χ3v) is 4.28. The number of ether oxygens (including phenoxy) is 1. The minimum Gasteiger partial charge on any atom is -0.377 e. The fraction of sp³-hybridized carbons (Fsp3) is 0.444. The number of rotatable bonds is 5. The lowest BCUT2D eigenvalue weighted by atomic mass is 10.1. The Bertz CT molecular complexity index is 804. The highest BCUT2D eigenvalue weighted by atomic mass is 16.5. The van der Waals surface area contributed by atoms with Gasteiger partial charge in [0.1, 0.15) is 12.4 Å². The molecule has 26 heavy (non-hydrogen) atoms. The van der Waals surface area contributed by atoms with Crippen molar-refractivity contribution in [1.29, 1.82) is 5.26 Å². The van der Waals surface area contributed by atoms with Crippen LogP contribution in [0.2, 0.25) is 0 Å². The van der Waals surface area contributed by atoms with Crippen LogP contribution in [0.1, 0.15) is 29.2 Å². The number of nitrogens with zero attached hydrogens (tertiary/aromatic N) is 5. The van der Waals surface area contributed by atoms with Gasteiger partial charge in [0.2, 0.25) is 0 Å². The summed E-state index contributed by atoms with van der Waals surface area (Å²) in [4.78, 5) is 8.79. The van der Waals surface area contributed by atoms with Crippen LogP contribution in [0.3, 0.4) is 0 Å². The first-order valence-electron chi connectivity index (χ1n) is 8.59. The fourth-order valence-corrected chi connectivity index (χ4v) is 2.94. The smallest absolute Gasteiger partial charge is 0.191 e. The summed E-state index contributed by atoms with van der Waals surface area (Å²) in [6.45, 7) is 1.83. The molecule has 0 saturated heterocycles. The van der Waals surface area contributed by atoms with Gasteiger partial charge < -0.3 is 15.4 Å². The van der Waals surface area contributed by atoms with E-state index in [0.717, 1.165) is 42.6 Å². The summed E-state index contributed by atoms with van der Waals surface area (Å²) in [5, 5.41) is 20.1. The van der Waals surface area contributed by atoms with E-state index in [4.69, 9.17) is 10.00 Å². The van der Waals surface area contributed by atoms with Crippen LogP contribution in [0, 0.1) is 11.3 Å². The van der Waals surface area contributed by atoms with Crippen molar-refractivity contribution in [2.45, 2.75) is 38.6 Å². The molecule has 0 amide bonds. The highest BCUT2D eigenvalue weighted by Crippen LogP contribution is 2.13. The Morgan fingerprint density at radius 3 is 2.92 bits per heavy atom. The number of hydrogen-bond acceptors (Lipinski definition) is 5. The minimum absolute atomic E-state index is 0.242. The first-order chi connectivity index (χ1) is 12.7. The SMILES string of the molecule is CN=C(NCc1ccc(C#N)cc1)NC1CCc2nc(COC)nn2C1. The number of nitrogens with one attached hydrogen (secondary N) is 2. The van der Waals surface area contributed by atoms with Gasteiger partial charge in [0.05, 0.1) is 18.2 Å². The number of nitriles is 1. The fourth-order valence-electron chi connectivity index (χ4n) is 2.94. The van der Waals surface area contributed by atoms with Crippen molar-refractivity contribution in [3.05, 3.63) is 47.0 Å². The molecule has 0 fully saturated rings. The maximum atomic E-state index is 8.85. The molecule has 0 bridgehead atoms. The van der Waals surface area contributed by atoms with Crippen molar-refractivity contribution in [2.24, 2.45) is 4.99 Å². The van der Waals surface area contributed by atoms with Crippen molar-refractivity contribution < 1.29 is 4.74 Å². The van der Waals surface area contributed by atoms with Gasteiger partial charge in [-0.25, -0.2) is 9.67 Å². The van der Waals surface area contributed by atoms with Gasteiger partial charge in [0.15, 0.2) is 11.8 Å². The lowest BCUT2D eigenvalue weighted by Gasteiger charge is -2.25. The zero-order chi connectivity index (χ0) is 18.4. The topological polar surface area (TPSA) is 100 Å². The molecule has 1 aromatic carbocycles. The molecule has 1 atom stereocenters. The van der Waals surface area contributed by atoms with E-state index in [1.807, 2.05) is 28.9 Å². The van der Waals surface area contributed by atoms with E-state index >= 15 is 0 Å². The highest BCUT2D eigenvalue weighted by molar-refractivity contribution is 5.79. The summed E-state index contributed by atoms with van der Waals surface area (Å²) in [6.07, 6.45) is 1.85. The Balaban J connectivity index is 1.54. The Labute approximate surface area is 152 Å². The molecular formula is C18H23N7O. The Morgan fingerprint density at radius 2 is 2.23 bits per heavy atom. The van der Waals surface area contributed by atoms with Crippen LogP contribution >= 0.6 is 0 Å². The lowest BCUT2D eigenvalue weighted by molar-refractivity contribution is 0.177. The summed E-state index contributed by atoms with van der Waals surface area (Å²) in [5.41, 5.74) is 1.76. The molecule has 2 aromatic rings. The van der Waals surface area contributed by atoms with E-state index in [9.17, 15) is 0 Å². The second kappa shape index (κ2) is 8.45. The van der Waals surface area contributed by atoms with Crippen molar-refractivity contribution in [3.63, 3.8) is 0 Å².